The minimum atomic E-state index is -0.579. The average molecular weight is 445 g/mol. The van der Waals surface area contributed by atoms with E-state index < -0.39 is 17.8 Å². The second-order valence-corrected chi connectivity index (χ2v) is 7.70. The van der Waals surface area contributed by atoms with Gasteiger partial charge in [0.25, 0.3) is 5.91 Å². The van der Waals surface area contributed by atoms with Crippen molar-refractivity contribution in [3.05, 3.63) is 58.1 Å². The zero-order valence-corrected chi connectivity index (χ0v) is 17.3. The molecule has 0 spiro atoms. The Morgan fingerprint density at radius 1 is 1.18 bits per heavy atom. The molecule has 6 nitrogen and oxygen atoms in total. The van der Waals surface area contributed by atoms with Gasteiger partial charge in [0.15, 0.2) is 6.61 Å². The van der Waals surface area contributed by atoms with E-state index in [1.54, 1.807) is 11.0 Å². The number of ether oxygens (including phenoxy) is 1. The maximum Gasteiger partial charge on any atom is 0.311 e. The Labute approximate surface area is 172 Å². The fourth-order valence-corrected chi connectivity index (χ4v) is 3.33. The van der Waals surface area contributed by atoms with Crippen LogP contribution < -0.4 is 10.2 Å². The lowest BCUT2D eigenvalue weighted by atomic mass is 10.1. The summed E-state index contributed by atoms with van der Waals surface area (Å²) in [6, 6.07) is 12.9. The topological polar surface area (TPSA) is 75.7 Å². The quantitative estimate of drug-likeness (QED) is 0.714. The Morgan fingerprint density at radius 2 is 1.89 bits per heavy atom. The Morgan fingerprint density at radius 3 is 2.61 bits per heavy atom. The molecule has 1 aliphatic heterocycles. The van der Waals surface area contributed by atoms with Gasteiger partial charge < -0.3 is 15.0 Å². The van der Waals surface area contributed by atoms with Gasteiger partial charge in [0, 0.05) is 28.8 Å². The third-order valence-corrected chi connectivity index (χ3v) is 5.35. The molecular weight excluding hydrogens is 424 g/mol. The van der Waals surface area contributed by atoms with E-state index in [1.165, 1.54) is 0 Å². The lowest BCUT2D eigenvalue weighted by molar-refractivity contribution is -0.151. The van der Waals surface area contributed by atoms with Crippen molar-refractivity contribution >= 4 is 45.1 Å². The molecule has 0 aromatic heterocycles. The SMILES string of the molecule is Cc1cccc(NC(=O)COC(=O)C2CC(=O)N(c3ccc(Br)cc3)C2)c1C. The Balaban J connectivity index is 1.53. The molecule has 1 atom stereocenters. The standard InChI is InChI=1S/C21H21BrN2O4/c1-13-4-3-5-18(14(13)2)23-19(25)12-28-21(27)15-10-20(26)24(11-15)17-8-6-16(22)7-9-17/h3-9,15H,10-12H2,1-2H3,(H,23,25). The Kier molecular flexibility index (Phi) is 6.14. The van der Waals surface area contributed by atoms with Crippen LogP contribution in [0, 0.1) is 19.8 Å². The van der Waals surface area contributed by atoms with Gasteiger partial charge in [0.2, 0.25) is 5.91 Å². The van der Waals surface area contributed by atoms with Gasteiger partial charge in [-0.3, -0.25) is 14.4 Å². The van der Waals surface area contributed by atoms with Crippen LogP contribution in [0.1, 0.15) is 17.5 Å². The number of carbonyl (C=O) groups excluding carboxylic acids is 3. The highest BCUT2D eigenvalue weighted by Crippen LogP contribution is 2.27. The molecule has 2 aromatic carbocycles. The van der Waals surface area contributed by atoms with Crippen LogP contribution >= 0.6 is 15.9 Å². The molecule has 0 radical (unpaired) electrons. The number of hydrogen-bond donors (Lipinski definition) is 1. The molecule has 1 N–H and O–H groups in total. The van der Waals surface area contributed by atoms with Gasteiger partial charge in [-0.15, -0.1) is 0 Å². The average Bonchev–Trinajstić information content (AvgIpc) is 3.06. The van der Waals surface area contributed by atoms with Gasteiger partial charge in [-0.05, 0) is 55.3 Å². The summed E-state index contributed by atoms with van der Waals surface area (Å²) in [5.41, 5.74) is 3.45. The van der Waals surface area contributed by atoms with Crippen LogP contribution in [-0.2, 0) is 19.1 Å². The number of nitrogens with one attached hydrogen (secondary N) is 1. The number of hydrogen-bond acceptors (Lipinski definition) is 4. The first kappa shape index (κ1) is 20.1. The summed E-state index contributed by atoms with van der Waals surface area (Å²) >= 11 is 3.35. The van der Waals surface area contributed by atoms with Gasteiger partial charge in [-0.1, -0.05) is 28.1 Å². The number of aryl methyl sites for hydroxylation is 1. The first-order valence-corrected chi connectivity index (χ1v) is 9.73. The molecule has 3 rings (SSSR count). The summed E-state index contributed by atoms with van der Waals surface area (Å²) < 4.78 is 6.06. The number of esters is 1. The van der Waals surface area contributed by atoms with Crippen molar-refractivity contribution in [2.75, 3.05) is 23.4 Å². The molecule has 0 bridgehead atoms. The number of anilines is 2. The summed E-state index contributed by atoms with van der Waals surface area (Å²) in [6.07, 6.45) is 0.0769. The fraction of sp³-hybridized carbons (Fsp3) is 0.286. The predicted octanol–water partition coefficient (Wildman–Crippen LogP) is 3.60. The molecular formula is C21H21BrN2O4. The lowest BCUT2D eigenvalue weighted by Crippen LogP contribution is -2.28. The molecule has 146 valence electrons. The van der Waals surface area contributed by atoms with E-state index >= 15 is 0 Å². The summed E-state index contributed by atoms with van der Waals surface area (Å²) in [7, 11) is 0. The van der Waals surface area contributed by atoms with Crippen molar-refractivity contribution in [2.24, 2.45) is 5.92 Å². The zero-order valence-electron chi connectivity index (χ0n) is 15.7. The van der Waals surface area contributed by atoms with E-state index in [4.69, 9.17) is 4.74 Å². The summed E-state index contributed by atoms with van der Waals surface area (Å²) in [5, 5.41) is 2.75. The molecule has 2 aromatic rings. The van der Waals surface area contributed by atoms with Crippen LogP contribution in [0.2, 0.25) is 0 Å². The van der Waals surface area contributed by atoms with E-state index in [1.807, 2.05) is 50.2 Å². The number of carbonyl (C=O) groups is 3. The first-order valence-electron chi connectivity index (χ1n) is 8.94. The van der Waals surface area contributed by atoms with Crippen molar-refractivity contribution in [1.29, 1.82) is 0 Å². The number of benzene rings is 2. The molecule has 1 heterocycles. The van der Waals surface area contributed by atoms with Gasteiger partial charge in [-0.25, -0.2) is 0 Å². The van der Waals surface area contributed by atoms with Gasteiger partial charge in [-0.2, -0.15) is 0 Å². The predicted molar refractivity (Wildman–Crippen MR) is 110 cm³/mol. The lowest BCUT2D eigenvalue weighted by Gasteiger charge is -2.16. The largest absolute Gasteiger partial charge is 0.455 e. The summed E-state index contributed by atoms with van der Waals surface area (Å²) in [4.78, 5) is 38.2. The molecule has 28 heavy (non-hydrogen) atoms. The van der Waals surface area contributed by atoms with E-state index in [2.05, 4.69) is 21.2 Å². The van der Waals surface area contributed by atoms with Crippen LogP contribution in [0.25, 0.3) is 0 Å². The second kappa shape index (κ2) is 8.56. The van der Waals surface area contributed by atoms with Crippen molar-refractivity contribution in [3.63, 3.8) is 0 Å². The smallest absolute Gasteiger partial charge is 0.311 e. The summed E-state index contributed by atoms with van der Waals surface area (Å²) in [5.74, 6) is -1.66. The van der Waals surface area contributed by atoms with E-state index in [0.717, 1.165) is 21.3 Å². The molecule has 1 unspecified atom stereocenters. The number of nitrogens with zero attached hydrogens (tertiary/aromatic N) is 1. The van der Waals surface area contributed by atoms with Crippen molar-refractivity contribution in [3.8, 4) is 0 Å². The molecule has 1 fully saturated rings. The van der Waals surface area contributed by atoms with E-state index in [9.17, 15) is 14.4 Å². The Bertz CT molecular complexity index is 911. The Hall–Kier alpha value is -2.67. The van der Waals surface area contributed by atoms with E-state index in [0.29, 0.717) is 5.69 Å². The maximum absolute atomic E-state index is 12.3. The van der Waals surface area contributed by atoms with Gasteiger partial charge >= 0.3 is 5.97 Å². The first-order chi connectivity index (χ1) is 13.3. The third-order valence-electron chi connectivity index (χ3n) is 4.82. The normalized spacial score (nSPS) is 16.2. The van der Waals surface area contributed by atoms with Crippen molar-refractivity contribution in [2.45, 2.75) is 20.3 Å². The molecule has 1 saturated heterocycles. The highest BCUT2D eigenvalue weighted by Gasteiger charge is 2.36. The third kappa shape index (κ3) is 4.59. The molecule has 7 heteroatoms. The van der Waals surface area contributed by atoms with Crippen LogP contribution in [0.15, 0.2) is 46.9 Å². The molecule has 1 aliphatic rings. The number of amides is 2. The zero-order chi connectivity index (χ0) is 20.3. The van der Waals surface area contributed by atoms with Crippen LogP contribution in [0.5, 0.6) is 0 Å². The molecule has 2 amide bonds. The summed E-state index contributed by atoms with van der Waals surface area (Å²) in [6.45, 7) is 3.74. The minimum Gasteiger partial charge on any atom is -0.455 e. The van der Waals surface area contributed by atoms with Gasteiger partial charge in [0.05, 0.1) is 5.92 Å². The molecule has 0 aliphatic carbocycles. The fourth-order valence-electron chi connectivity index (χ4n) is 3.06. The van der Waals surface area contributed by atoms with Crippen LogP contribution in [0.3, 0.4) is 0 Å². The highest BCUT2D eigenvalue weighted by molar-refractivity contribution is 9.10. The van der Waals surface area contributed by atoms with Crippen molar-refractivity contribution in [1.82, 2.24) is 0 Å². The van der Waals surface area contributed by atoms with Gasteiger partial charge in [0.1, 0.15) is 0 Å². The minimum absolute atomic E-state index is 0.0769. The monoisotopic (exact) mass is 444 g/mol. The van der Waals surface area contributed by atoms with Crippen molar-refractivity contribution < 1.29 is 19.1 Å². The maximum atomic E-state index is 12.3. The van der Waals surface area contributed by atoms with Crippen LogP contribution in [-0.4, -0.2) is 30.9 Å². The molecule has 0 saturated carbocycles. The highest BCUT2D eigenvalue weighted by atomic mass is 79.9. The number of halogens is 1. The number of rotatable bonds is 5. The second-order valence-electron chi connectivity index (χ2n) is 6.79. The van der Waals surface area contributed by atoms with E-state index in [-0.39, 0.29) is 25.5 Å². The van der Waals surface area contributed by atoms with Crippen LogP contribution in [0.4, 0.5) is 11.4 Å².